The molecule has 0 saturated heterocycles. The molecule has 17 heavy (non-hydrogen) atoms. The molecular formula is C14H30O3. The van der Waals surface area contributed by atoms with Crippen molar-refractivity contribution in [3.05, 3.63) is 25.3 Å². The lowest BCUT2D eigenvalue weighted by molar-refractivity contribution is -0.0424. The van der Waals surface area contributed by atoms with Crippen LogP contribution in [0, 0.1) is 0 Å². The molecule has 0 aromatic heterocycles. The monoisotopic (exact) mass is 246 g/mol. The highest BCUT2D eigenvalue weighted by molar-refractivity contribution is 4.52. The zero-order valence-electron chi connectivity index (χ0n) is 12.1. The smallest absolute Gasteiger partial charge is 0.0780 e. The predicted octanol–water partition coefficient (Wildman–Crippen LogP) is 3.19. The van der Waals surface area contributed by atoms with Crippen molar-refractivity contribution in [2.75, 3.05) is 19.8 Å². The van der Waals surface area contributed by atoms with Crippen molar-refractivity contribution in [2.45, 2.75) is 46.8 Å². The Labute approximate surface area is 107 Å². The lowest BCUT2D eigenvalue weighted by Crippen LogP contribution is -2.22. The molecule has 2 atom stereocenters. The molecule has 0 spiro atoms. The van der Waals surface area contributed by atoms with Crippen LogP contribution in [0.1, 0.15) is 34.6 Å². The number of hydrogen-bond donors (Lipinski definition) is 1. The summed E-state index contributed by atoms with van der Waals surface area (Å²) < 4.78 is 10.5. The number of rotatable bonds is 6. The molecule has 1 N–H and O–H groups in total. The van der Waals surface area contributed by atoms with E-state index in [2.05, 4.69) is 13.2 Å². The van der Waals surface area contributed by atoms with E-state index in [-0.39, 0.29) is 18.8 Å². The van der Waals surface area contributed by atoms with E-state index in [1.54, 1.807) is 12.2 Å². The van der Waals surface area contributed by atoms with Gasteiger partial charge in [-0.3, -0.25) is 0 Å². The van der Waals surface area contributed by atoms with E-state index in [9.17, 15) is 0 Å². The van der Waals surface area contributed by atoms with Crippen LogP contribution in [0.2, 0.25) is 0 Å². The number of aliphatic hydroxyl groups excluding tert-OH is 1. The SMILES string of the molecule is C=CC.C=CC.CCOC(C)COC(C)CO. The van der Waals surface area contributed by atoms with E-state index in [0.29, 0.717) is 13.2 Å². The summed E-state index contributed by atoms with van der Waals surface area (Å²) in [6, 6.07) is 0. The van der Waals surface area contributed by atoms with Gasteiger partial charge >= 0.3 is 0 Å². The van der Waals surface area contributed by atoms with E-state index < -0.39 is 0 Å². The van der Waals surface area contributed by atoms with Gasteiger partial charge in [0.05, 0.1) is 25.4 Å². The molecule has 0 heterocycles. The summed E-state index contributed by atoms with van der Waals surface area (Å²) in [6.45, 7) is 17.6. The van der Waals surface area contributed by atoms with Crippen LogP contribution in [0.15, 0.2) is 25.3 Å². The van der Waals surface area contributed by atoms with Gasteiger partial charge in [0.25, 0.3) is 0 Å². The standard InChI is InChI=1S/C8H18O3.2C3H6/c1-4-10-8(3)6-11-7(2)5-9;2*1-3-2/h7-9H,4-6H2,1-3H3;2*3H,1H2,2H3. The molecule has 0 rings (SSSR count). The van der Waals surface area contributed by atoms with Crippen molar-refractivity contribution >= 4 is 0 Å². The zero-order chi connectivity index (χ0) is 14.1. The fourth-order valence-electron chi connectivity index (χ4n) is 0.685. The highest BCUT2D eigenvalue weighted by Gasteiger charge is 2.04. The van der Waals surface area contributed by atoms with Crippen molar-refractivity contribution < 1.29 is 14.6 Å². The van der Waals surface area contributed by atoms with E-state index in [4.69, 9.17) is 14.6 Å². The van der Waals surface area contributed by atoms with Gasteiger partial charge in [-0.25, -0.2) is 0 Å². The first kappa shape index (κ1) is 21.6. The minimum atomic E-state index is -0.0853. The lowest BCUT2D eigenvalue weighted by Gasteiger charge is -2.14. The molecule has 2 unspecified atom stereocenters. The summed E-state index contributed by atoms with van der Waals surface area (Å²) >= 11 is 0. The second-order valence-electron chi connectivity index (χ2n) is 3.41. The van der Waals surface area contributed by atoms with Gasteiger partial charge in [-0.2, -0.15) is 0 Å². The normalized spacial score (nSPS) is 12.1. The Morgan fingerprint density at radius 1 is 1.06 bits per heavy atom. The van der Waals surface area contributed by atoms with E-state index in [1.165, 1.54) is 0 Å². The molecule has 104 valence electrons. The van der Waals surface area contributed by atoms with Gasteiger partial charge in [0.1, 0.15) is 0 Å². The number of ether oxygens (including phenoxy) is 2. The largest absolute Gasteiger partial charge is 0.394 e. The first-order chi connectivity index (χ1) is 8.03. The second kappa shape index (κ2) is 20.7. The Kier molecular flexibility index (Phi) is 26.4. The molecule has 3 heteroatoms. The minimum Gasteiger partial charge on any atom is -0.394 e. The Morgan fingerprint density at radius 3 is 1.76 bits per heavy atom. The minimum absolute atomic E-state index is 0.0683. The Hall–Kier alpha value is -0.640. The number of aliphatic hydroxyl groups is 1. The van der Waals surface area contributed by atoms with Crippen molar-refractivity contribution in [1.82, 2.24) is 0 Å². The van der Waals surface area contributed by atoms with Gasteiger partial charge < -0.3 is 14.6 Å². The highest BCUT2D eigenvalue weighted by Crippen LogP contribution is 1.95. The van der Waals surface area contributed by atoms with E-state index >= 15 is 0 Å². The molecule has 0 aromatic carbocycles. The first-order valence-electron chi connectivity index (χ1n) is 6.01. The van der Waals surface area contributed by atoms with Crippen molar-refractivity contribution in [3.8, 4) is 0 Å². The van der Waals surface area contributed by atoms with E-state index in [1.807, 2.05) is 34.6 Å². The summed E-state index contributed by atoms with van der Waals surface area (Å²) in [6.07, 6.45) is 3.53. The molecule has 0 aliphatic carbocycles. The molecule has 3 nitrogen and oxygen atoms in total. The third-order valence-corrected chi connectivity index (χ3v) is 1.32. The third-order valence-electron chi connectivity index (χ3n) is 1.32. The van der Waals surface area contributed by atoms with Gasteiger partial charge in [0.15, 0.2) is 0 Å². The van der Waals surface area contributed by atoms with Crippen molar-refractivity contribution in [2.24, 2.45) is 0 Å². The molecule has 0 saturated carbocycles. The Morgan fingerprint density at radius 2 is 1.47 bits per heavy atom. The first-order valence-corrected chi connectivity index (χ1v) is 6.01. The van der Waals surface area contributed by atoms with Crippen LogP contribution >= 0.6 is 0 Å². The number of hydrogen-bond acceptors (Lipinski definition) is 3. The van der Waals surface area contributed by atoms with E-state index in [0.717, 1.165) is 0 Å². The average Bonchev–Trinajstić information content (AvgIpc) is 2.28. The summed E-state index contributed by atoms with van der Waals surface area (Å²) in [7, 11) is 0. The fourth-order valence-corrected chi connectivity index (χ4v) is 0.685. The quantitative estimate of drug-likeness (QED) is 0.731. The van der Waals surface area contributed by atoms with Crippen LogP contribution in [0.3, 0.4) is 0 Å². The summed E-state index contributed by atoms with van der Waals surface area (Å²) in [4.78, 5) is 0. The lowest BCUT2D eigenvalue weighted by atomic mass is 10.4. The Bertz CT molecular complexity index is 140. The van der Waals surface area contributed by atoms with Crippen LogP contribution in [-0.4, -0.2) is 37.1 Å². The van der Waals surface area contributed by atoms with Crippen LogP contribution in [0.4, 0.5) is 0 Å². The molecule has 0 aromatic rings. The molecule has 0 amide bonds. The molecule has 0 radical (unpaired) electrons. The van der Waals surface area contributed by atoms with Gasteiger partial charge in [-0.15, -0.1) is 13.2 Å². The molecule has 0 fully saturated rings. The van der Waals surface area contributed by atoms with Gasteiger partial charge in [-0.05, 0) is 34.6 Å². The molecule has 0 aliphatic heterocycles. The van der Waals surface area contributed by atoms with Gasteiger partial charge in [0, 0.05) is 6.61 Å². The van der Waals surface area contributed by atoms with Gasteiger partial charge in [-0.1, -0.05) is 12.2 Å². The summed E-state index contributed by atoms with van der Waals surface area (Å²) in [5.74, 6) is 0. The third kappa shape index (κ3) is 31.3. The number of allylic oxidation sites excluding steroid dienone is 2. The van der Waals surface area contributed by atoms with Crippen LogP contribution in [-0.2, 0) is 9.47 Å². The highest BCUT2D eigenvalue weighted by atomic mass is 16.5. The Balaban J connectivity index is -0.000000273. The maximum absolute atomic E-state index is 8.61. The molecule has 0 aliphatic rings. The van der Waals surface area contributed by atoms with Crippen molar-refractivity contribution in [1.29, 1.82) is 0 Å². The van der Waals surface area contributed by atoms with Gasteiger partial charge in [0.2, 0.25) is 0 Å². The summed E-state index contributed by atoms with van der Waals surface area (Å²) in [5.41, 5.74) is 0. The van der Waals surface area contributed by atoms with Crippen molar-refractivity contribution in [3.63, 3.8) is 0 Å². The molecule has 0 bridgehead atoms. The topological polar surface area (TPSA) is 38.7 Å². The fraction of sp³-hybridized carbons (Fsp3) is 0.714. The average molecular weight is 246 g/mol. The maximum Gasteiger partial charge on any atom is 0.0780 e. The van der Waals surface area contributed by atoms with Crippen LogP contribution in [0.25, 0.3) is 0 Å². The van der Waals surface area contributed by atoms with Crippen LogP contribution in [0.5, 0.6) is 0 Å². The maximum atomic E-state index is 8.61. The second-order valence-corrected chi connectivity index (χ2v) is 3.41. The zero-order valence-corrected chi connectivity index (χ0v) is 12.1. The van der Waals surface area contributed by atoms with Crippen LogP contribution < -0.4 is 0 Å². The summed E-state index contributed by atoms with van der Waals surface area (Å²) in [5, 5.41) is 8.61. The predicted molar refractivity (Wildman–Crippen MR) is 75.3 cm³/mol. The molecular weight excluding hydrogens is 216 g/mol.